The number of nitrogens with zero attached hydrogens (tertiary/aromatic N) is 4. The summed E-state index contributed by atoms with van der Waals surface area (Å²) in [5.74, 6) is 2.98. The molecule has 7 N–H and O–H groups in total. The summed E-state index contributed by atoms with van der Waals surface area (Å²) in [6, 6.07) is 0. The van der Waals surface area contributed by atoms with Crippen LogP contribution in [0.2, 0.25) is 0 Å². The Morgan fingerprint density at radius 2 is 0.827 bits per heavy atom. The van der Waals surface area contributed by atoms with Gasteiger partial charge >= 0.3 is 35.8 Å². The van der Waals surface area contributed by atoms with Gasteiger partial charge in [0.15, 0.2) is 5.82 Å². The number of allylic oxidation sites excluding steroid dienone is 1. The van der Waals surface area contributed by atoms with Crippen molar-refractivity contribution in [3.63, 3.8) is 0 Å². The number of carbonyl (C=O) groups is 6. The van der Waals surface area contributed by atoms with Crippen LogP contribution in [-0.4, -0.2) is 113 Å². The molecule has 0 spiro atoms. The van der Waals surface area contributed by atoms with Gasteiger partial charge in [-0.3, -0.25) is 24.0 Å². The van der Waals surface area contributed by atoms with E-state index in [1.807, 2.05) is 13.8 Å². The summed E-state index contributed by atoms with van der Waals surface area (Å²) >= 11 is 0. The summed E-state index contributed by atoms with van der Waals surface area (Å²) < 4.78 is 0. The zero-order valence-corrected chi connectivity index (χ0v) is 54.9. The van der Waals surface area contributed by atoms with Crippen molar-refractivity contribution < 1.29 is 59.4 Å². The summed E-state index contributed by atoms with van der Waals surface area (Å²) in [5, 5.41) is 63.5. The molecule has 0 atom stereocenters. The first-order chi connectivity index (χ1) is 37.7. The molecule has 0 amide bonds. The minimum absolute atomic E-state index is 0.0348. The quantitative estimate of drug-likeness (QED) is 0.0246. The topological polar surface area (TPSA) is 281 Å². The van der Waals surface area contributed by atoms with E-state index in [0.717, 1.165) is 119 Å². The third kappa shape index (κ3) is 92.3. The molecule has 17 heteroatoms. The van der Waals surface area contributed by atoms with Crippen molar-refractivity contribution in [3.05, 3.63) is 18.0 Å². The number of hydrogen-bond acceptors (Lipinski definition) is 10. The molecular weight excluding hydrogens is 1030 g/mol. The van der Waals surface area contributed by atoms with E-state index in [4.69, 9.17) is 30.6 Å². The number of aromatic amines is 1. The number of aliphatic carboxylic acids is 6. The molecule has 0 saturated heterocycles. The van der Waals surface area contributed by atoms with E-state index in [9.17, 15) is 28.8 Å². The Bertz CT molecular complexity index is 1600. The maximum absolute atomic E-state index is 10.3. The molecule has 1 fully saturated rings. The molecule has 1 aliphatic rings. The molecular formula is C64H127N5O12. The van der Waals surface area contributed by atoms with E-state index in [1.54, 1.807) is 6.08 Å². The highest BCUT2D eigenvalue weighted by atomic mass is 16.4. The Kier molecular flexibility index (Phi) is 66.8. The summed E-state index contributed by atoms with van der Waals surface area (Å²) in [4.78, 5) is 62.7. The number of carboxylic acids is 6. The van der Waals surface area contributed by atoms with Crippen LogP contribution in [0.25, 0.3) is 0 Å². The molecule has 17 nitrogen and oxygen atoms in total. The maximum atomic E-state index is 10.3. The second-order valence-electron chi connectivity index (χ2n) is 25.2. The molecule has 480 valence electrons. The summed E-state index contributed by atoms with van der Waals surface area (Å²) in [5.41, 5.74) is 0. The van der Waals surface area contributed by atoms with Gasteiger partial charge in [0, 0.05) is 38.2 Å². The number of aromatic nitrogens is 4. The fourth-order valence-electron chi connectivity index (χ4n) is 7.30. The second kappa shape index (κ2) is 61.7. The van der Waals surface area contributed by atoms with E-state index < -0.39 is 35.8 Å². The van der Waals surface area contributed by atoms with Gasteiger partial charge < -0.3 is 35.5 Å². The van der Waals surface area contributed by atoms with Gasteiger partial charge in [-0.1, -0.05) is 193 Å². The Morgan fingerprint density at radius 1 is 0.481 bits per heavy atom. The van der Waals surface area contributed by atoms with Gasteiger partial charge in [-0.2, -0.15) is 5.21 Å². The third-order valence-electron chi connectivity index (χ3n) is 12.5. The normalized spacial score (nSPS) is 13.3. The monoisotopic (exact) mass is 1160 g/mol. The molecule has 0 aliphatic heterocycles. The lowest BCUT2D eigenvalue weighted by molar-refractivity contribution is -0.147. The molecule has 0 aromatic carbocycles. The molecule has 81 heavy (non-hydrogen) atoms. The zero-order chi connectivity index (χ0) is 63.7. The Balaban J connectivity index is -0.000000199. The zero-order valence-electron chi connectivity index (χ0n) is 54.9. The number of nitrogens with one attached hydrogen (secondary N) is 1. The van der Waals surface area contributed by atoms with E-state index in [0.29, 0.717) is 55.3 Å². The minimum atomic E-state index is -0.865. The van der Waals surface area contributed by atoms with Gasteiger partial charge in [0.1, 0.15) is 0 Å². The predicted molar refractivity (Wildman–Crippen MR) is 332 cm³/mol. The van der Waals surface area contributed by atoms with Gasteiger partial charge in [0.2, 0.25) is 0 Å². The van der Waals surface area contributed by atoms with Crippen molar-refractivity contribution in [3.8, 4) is 0 Å². The van der Waals surface area contributed by atoms with Crippen molar-refractivity contribution >= 4 is 35.8 Å². The number of tetrazole rings is 1. The summed E-state index contributed by atoms with van der Waals surface area (Å²) in [6.45, 7) is 36.0. The first-order valence-electron chi connectivity index (χ1n) is 31.0. The van der Waals surface area contributed by atoms with Crippen LogP contribution < -0.4 is 0 Å². The number of H-pyrrole nitrogens is 1. The molecule has 1 aromatic heterocycles. The van der Waals surface area contributed by atoms with Crippen LogP contribution in [0.4, 0.5) is 0 Å². The third-order valence-corrected chi connectivity index (χ3v) is 12.5. The first kappa shape index (κ1) is 87.8. The van der Waals surface area contributed by atoms with Crippen LogP contribution in [-0.2, 0) is 35.2 Å². The van der Waals surface area contributed by atoms with Crippen molar-refractivity contribution in [2.75, 3.05) is 20.6 Å². The Morgan fingerprint density at radius 3 is 1.16 bits per heavy atom. The van der Waals surface area contributed by atoms with Crippen LogP contribution in [0.3, 0.4) is 0 Å². The highest BCUT2D eigenvalue weighted by Crippen LogP contribution is 2.38. The minimum Gasteiger partial charge on any atom is -0.481 e. The Hall–Kier alpha value is -4.41. The smallest absolute Gasteiger partial charge is 0.327 e. The van der Waals surface area contributed by atoms with Crippen LogP contribution in [0.15, 0.2) is 12.2 Å². The average molecular weight is 1160 g/mol. The van der Waals surface area contributed by atoms with Crippen LogP contribution in [0.1, 0.15) is 277 Å². The van der Waals surface area contributed by atoms with E-state index >= 15 is 0 Å². The van der Waals surface area contributed by atoms with Gasteiger partial charge in [-0.15, -0.1) is 10.2 Å². The number of aryl methyl sites for hydroxylation is 1. The molecule has 2 rings (SSSR count). The lowest BCUT2D eigenvalue weighted by Crippen LogP contribution is -2.33. The number of hydrogen-bond donors (Lipinski definition) is 7. The van der Waals surface area contributed by atoms with E-state index in [1.165, 1.54) is 64.0 Å². The van der Waals surface area contributed by atoms with E-state index in [-0.39, 0.29) is 5.92 Å². The highest BCUT2D eigenvalue weighted by Gasteiger charge is 2.35. The van der Waals surface area contributed by atoms with Gasteiger partial charge in [-0.25, -0.2) is 4.79 Å². The predicted octanol–water partition coefficient (Wildman–Crippen LogP) is 16.5. The largest absolute Gasteiger partial charge is 0.481 e. The van der Waals surface area contributed by atoms with Crippen LogP contribution in [0.5, 0.6) is 0 Å². The van der Waals surface area contributed by atoms with Crippen molar-refractivity contribution in [1.29, 1.82) is 0 Å². The standard InChI is InChI=1S/C10H20O2.C9H18O2.C8H19N.C8H14O2.C8H16O2.C7H14N4.C7H14O2.C7H12O2/c1-9(2)7-5-3-4-6-8-10(11)12;1-8(2)6-4-3-5-7-9(10)11;1-8(2)6-5-7-9(3)4;1-5(2)6-3-7(4-6)8(9)10;1-7(2)5-3-4-6-8(9)10;1-6(2)4-3-5-7-8-10-11-9-7;2*1-6(2)4-3-5-7(8)9/h9H,3-8H2,1-2H3,(H,11,12);8H,3-7H2,1-2H3,(H,10,11);8H,5-7H2,1-4H3;5-7H,3-4H2,1-2H3,(H,9,10);7H,3-6H2,1-2H3,(H,9,10);6H,3-5H2,1-2H3,(H,8,9,10,11);6H,3-5H2,1-2H3,(H,8,9);3,5-6H,4H2,1-2H3,(H,8,9)/b;;;;;;;5-3+. The fraction of sp³-hybridized carbons (Fsp3) is 0.859. The highest BCUT2D eigenvalue weighted by molar-refractivity contribution is 5.79. The van der Waals surface area contributed by atoms with Crippen LogP contribution in [0, 0.1) is 59.2 Å². The molecule has 1 saturated carbocycles. The van der Waals surface area contributed by atoms with Gasteiger partial charge in [0.05, 0.1) is 5.92 Å². The van der Waals surface area contributed by atoms with Crippen LogP contribution >= 0.6 is 0 Å². The summed E-state index contributed by atoms with van der Waals surface area (Å²) in [6.07, 6.45) is 27.6. The lowest BCUT2D eigenvalue weighted by Gasteiger charge is -2.35. The number of carboxylic acid groups (broad SMARTS) is 6. The van der Waals surface area contributed by atoms with E-state index in [2.05, 4.69) is 137 Å². The lowest BCUT2D eigenvalue weighted by atomic mass is 9.70. The molecule has 1 heterocycles. The SMILES string of the molecule is CC(C)C/C=C/C(=O)O.CC(C)C1CC(C(=O)O)C1.CC(C)CCCC(=O)O.CC(C)CCCCC(=O)O.CC(C)CCCCCC(=O)O.CC(C)CCCCCCC(=O)O.CC(C)CCCN(C)C.CC(C)CCCc1nn[nH]n1. The molecule has 0 unspecified atom stereocenters. The first-order valence-corrected chi connectivity index (χ1v) is 31.0. The van der Waals surface area contributed by atoms with Gasteiger partial charge in [-0.05, 0) is 138 Å². The maximum Gasteiger partial charge on any atom is 0.327 e. The fourth-order valence-corrected chi connectivity index (χ4v) is 7.30. The average Bonchev–Trinajstić information content (AvgIpc) is 3.82. The van der Waals surface area contributed by atoms with Crippen molar-refractivity contribution in [2.24, 2.45) is 59.2 Å². The van der Waals surface area contributed by atoms with Crippen molar-refractivity contribution in [1.82, 2.24) is 25.5 Å². The molecule has 0 radical (unpaired) electrons. The van der Waals surface area contributed by atoms with Gasteiger partial charge in [0.25, 0.3) is 0 Å². The molecule has 1 aliphatic carbocycles. The molecule has 0 bridgehead atoms. The summed E-state index contributed by atoms with van der Waals surface area (Å²) in [7, 11) is 4.25. The Labute approximate surface area is 494 Å². The number of unbranched alkanes of at least 4 members (excludes halogenated alkanes) is 6. The van der Waals surface area contributed by atoms with Crippen molar-refractivity contribution in [2.45, 2.75) is 278 Å². The molecule has 1 aromatic rings. The second-order valence-corrected chi connectivity index (χ2v) is 25.2. The number of rotatable bonds is 35.